The van der Waals surface area contributed by atoms with Crippen molar-refractivity contribution in [2.24, 2.45) is 11.7 Å². The topological polar surface area (TPSA) is 63.4 Å². The standard InChI is InChI=1S/C15H23FN2O2S/c1-11-8-13(16)5-6-14(11)15(17)9-12-4-3-7-18(10-12)21(2,19)20/h5-6,8,12,15H,3-4,7,9-10,17H2,1-2H3. The van der Waals surface area contributed by atoms with Crippen molar-refractivity contribution in [2.45, 2.75) is 32.2 Å². The Morgan fingerprint density at radius 3 is 2.81 bits per heavy atom. The van der Waals surface area contributed by atoms with Crippen molar-refractivity contribution in [2.75, 3.05) is 19.3 Å². The van der Waals surface area contributed by atoms with Gasteiger partial charge in [0.25, 0.3) is 0 Å². The van der Waals surface area contributed by atoms with Crippen LogP contribution in [0.3, 0.4) is 0 Å². The fourth-order valence-electron chi connectivity index (χ4n) is 3.06. The molecule has 6 heteroatoms. The van der Waals surface area contributed by atoms with Crippen LogP contribution in [-0.2, 0) is 10.0 Å². The number of piperidine rings is 1. The molecule has 1 saturated heterocycles. The zero-order valence-corrected chi connectivity index (χ0v) is 13.4. The van der Waals surface area contributed by atoms with Gasteiger partial charge in [-0.3, -0.25) is 0 Å². The van der Waals surface area contributed by atoms with Gasteiger partial charge >= 0.3 is 0 Å². The molecule has 1 aromatic rings. The number of halogens is 1. The highest BCUT2D eigenvalue weighted by molar-refractivity contribution is 7.88. The van der Waals surface area contributed by atoms with Crippen molar-refractivity contribution >= 4 is 10.0 Å². The Bertz CT molecular complexity index is 604. The Labute approximate surface area is 126 Å². The second-order valence-electron chi connectivity index (χ2n) is 5.97. The van der Waals surface area contributed by atoms with Crippen LogP contribution in [0.2, 0.25) is 0 Å². The van der Waals surface area contributed by atoms with Gasteiger partial charge in [-0.05, 0) is 55.4 Å². The molecule has 1 heterocycles. The fraction of sp³-hybridized carbons (Fsp3) is 0.600. The molecule has 2 atom stereocenters. The molecule has 118 valence electrons. The van der Waals surface area contributed by atoms with Gasteiger partial charge in [0.2, 0.25) is 10.0 Å². The van der Waals surface area contributed by atoms with Crippen LogP contribution in [0.4, 0.5) is 4.39 Å². The third kappa shape index (κ3) is 4.25. The zero-order valence-electron chi connectivity index (χ0n) is 12.5. The lowest BCUT2D eigenvalue weighted by molar-refractivity contribution is 0.247. The van der Waals surface area contributed by atoms with Crippen LogP contribution in [-0.4, -0.2) is 32.1 Å². The summed E-state index contributed by atoms with van der Waals surface area (Å²) in [5.41, 5.74) is 8.02. The Hall–Kier alpha value is -0.980. The molecule has 0 bridgehead atoms. The fourth-order valence-corrected chi connectivity index (χ4v) is 4.00. The number of rotatable bonds is 4. The van der Waals surface area contributed by atoms with E-state index in [1.165, 1.54) is 22.7 Å². The van der Waals surface area contributed by atoms with Gasteiger partial charge in [0.15, 0.2) is 0 Å². The quantitative estimate of drug-likeness (QED) is 0.926. The first-order chi connectivity index (χ1) is 9.77. The van der Waals surface area contributed by atoms with Gasteiger partial charge in [0.1, 0.15) is 5.82 Å². The minimum absolute atomic E-state index is 0.185. The van der Waals surface area contributed by atoms with E-state index in [2.05, 4.69) is 0 Å². The molecule has 1 fully saturated rings. The number of hydrogen-bond acceptors (Lipinski definition) is 3. The van der Waals surface area contributed by atoms with Crippen molar-refractivity contribution in [3.63, 3.8) is 0 Å². The summed E-state index contributed by atoms with van der Waals surface area (Å²) in [4.78, 5) is 0. The molecule has 2 unspecified atom stereocenters. The number of hydrogen-bond donors (Lipinski definition) is 1. The minimum Gasteiger partial charge on any atom is -0.324 e. The molecule has 0 aliphatic carbocycles. The maximum absolute atomic E-state index is 13.1. The van der Waals surface area contributed by atoms with Gasteiger partial charge in [0, 0.05) is 19.1 Å². The summed E-state index contributed by atoms with van der Waals surface area (Å²) in [6.07, 6.45) is 3.82. The maximum atomic E-state index is 13.1. The normalized spacial score (nSPS) is 22.2. The molecule has 0 spiro atoms. The van der Waals surface area contributed by atoms with Crippen LogP contribution in [0.15, 0.2) is 18.2 Å². The number of nitrogens with two attached hydrogens (primary N) is 1. The molecular formula is C15H23FN2O2S. The van der Waals surface area contributed by atoms with Crippen molar-refractivity contribution < 1.29 is 12.8 Å². The van der Waals surface area contributed by atoms with Crippen LogP contribution in [0, 0.1) is 18.7 Å². The molecule has 0 saturated carbocycles. The van der Waals surface area contributed by atoms with Crippen molar-refractivity contribution in [3.8, 4) is 0 Å². The van der Waals surface area contributed by atoms with E-state index in [0.717, 1.165) is 30.4 Å². The van der Waals surface area contributed by atoms with Crippen LogP contribution >= 0.6 is 0 Å². The Morgan fingerprint density at radius 1 is 1.48 bits per heavy atom. The molecule has 0 aromatic heterocycles. The number of benzene rings is 1. The van der Waals surface area contributed by atoms with Crippen molar-refractivity contribution in [1.82, 2.24) is 4.31 Å². The lowest BCUT2D eigenvalue weighted by atomic mass is 9.88. The van der Waals surface area contributed by atoms with E-state index in [4.69, 9.17) is 5.73 Å². The molecule has 2 N–H and O–H groups in total. The first kappa shape index (κ1) is 16.4. The van der Waals surface area contributed by atoms with E-state index >= 15 is 0 Å². The van der Waals surface area contributed by atoms with Gasteiger partial charge in [0.05, 0.1) is 6.26 Å². The van der Waals surface area contributed by atoms with E-state index in [9.17, 15) is 12.8 Å². The van der Waals surface area contributed by atoms with E-state index in [-0.39, 0.29) is 17.8 Å². The second kappa shape index (κ2) is 6.42. The highest BCUT2D eigenvalue weighted by Crippen LogP contribution is 2.28. The Morgan fingerprint density at radius 2 is 2.19 bits per heavy atom. The summed E-state index contributed by atoms with van der Waals surface area (Å²) in [6.45, 7) is 2.98. The highest BCUT2D eigenvalue weighted by atomic mass is 32.2. The molecule has 1 aliphatic rings. The largest absolute Gasteiger partial charge is 0.324 e. The third-order valence-corrected chi connectivity index (χ3v) is 5.44. The van der Waals surface area contributed by atoms with Crippen LogP contribution < -0.4 is 5.73 Å². The number of sulfonamides is 1. The molecule has 0 amide bonds. The summed E-state index contributed by atoms with van der Waals surface area (Å²) in [5, 5.41) is 0. The van der Waals surface area contributed by atoms with Crippen molar-refractivity contribution in [1.29, 1.82) is 0 Å². The van der Waals surface area contributed by atoms with Crippen LogP contribution in [0.25, 0.3) is 0 Å². The number of aryl methyl sites for hydroxylation is 1. The molecule has 4 nitrogen and oxygen atoms in total. The van der Waals surface area contributed by atoms with E-state index in [1.54, 1.807) is 6.07 Å². The maximum Gasteiger partial charge on any atom is 0.211 e. The molecule has 0 radical (unpaired) electrons. The first-order valence-electron chi connectivity index (χ1n) is 7.24. The molecule has 1 aromatic carbocycles. The summed E-state index contributed by atoms with van der Waals surface area (Å²) >= 11 is 0. The molecule has 1 aliphatic heterocycles. The van der Waals surface area contributed by atoms with Crippen molar-refractivity contribution in [3.05, 3.63) is 35.1 Å². The monoisotopic (exact) mass is 314 g/mol. The predicted molar refractivity (Wildman–Crippen MR) is 81.8 cm³/mol. The molecule has 2 rings (SSSR count). The van der Waals surface area contributed by atoms with Gasteiger partial charge in [-0.2, -0.15) is 0 Å². The van der Waals surface area contributed by atoms with E-state index < -0.39 is 10.0 Å². The second-order valence-corrected chi connectivity index (χ2v) is 7.95. The Balaban J connectivity index is 2.03. The smallest absolute Gasteiger partial charge is 0.211 e. The number of nitrogens with zero attached hydrogens (tertiary/aromatic N) is 1. The SMILES string of the molecule is Cc1cc(F)ccc1C(N)CC1CCCN(S(C)(=O)=O)C1. The summed E-state index contributed by atoms with van der Waals surface area (Å²) in [5.74, 6) is -0.00250. The van der Waals surface area contributed by atoms with E-state index in [0.29, 0.717) is 13.1 Å². The van der Waals surface area contributed by atoms with Gasteiger partial charge in [-0.25, -0.2) is 17.1 Å². The summed E-state index contributed by atoms with van der Waals surface area (Å²) < 4.78 is 37.9. The van der Waals surface area contributed by atoms with Crippen LogP contribution in [0.5, 0.6) is 0 Å². The minimum atomic E-state index is -3.13. The summed E-state index contributed by atoms with van der Waals surface area (Å²) in [6, 6.07) is 4.45. The van der Waals surface area contributed by atoms with Gasteiger partial charge < -0.3 is 5.73 Å². The predicted octanol–water partition coefficient (Wildman–Crippen LogP) is 2.20. The Kier molecular flexibility index (Phi) is 5.01. The first-order valence-corrected chi connectivity index (χ1v) is 9.09. The molecule has 21 heavy (non-hydrogen) atoms. The lowest BCUT2D eigenvalue weighted by Gasteiger charge is -2.32. The van der Waals surface area contributed by atoms with Gasteiger partial charge in [-0.1, -0.05) is 6.07 Å². The molecular weight excluding hydrogens is 291 g/mol. The average molecular weight is 314 g/mol. The highest BCUT2D eigenvalue weighted by Gasteiger charge is 2.27. The summed E-state index contributed by atoms with van der Waals surface area (Å²) in [7, 11) is -3.13. The van der Waals surface area contributed by atoms with Gasteiger partial charge in [-0.15, -0.1) is 0 Å². The van der Waals surface area contributed by atoms with E-state index in [1.807, 2.05) is 6.92 Å². The lowest BCUT2D eigenvalue weighted by Crippen LogP contribution is -2.40. The van der Waals surface area contributed by atoms with Crippen LogP contribution in [0.1, 0.15) is 36.4 Å². The third-order valence-electron chi connectivity index (χ3n) is 4.17. The average Bonchev–Trinajstić information content (AvgIpc) is 2.37. The zero-order chi connectivity index (χ0) is 15.6.